The van der Waals surface area contributed by atoms with Crippen molar-refractivity contribution in [2.24, 2.45) is 5.73 Å². The van der Waals surface area contributed by atoms with Crippen LogP contribution in [0, 0.1) is 0 Å². The lowest BCUT2D eigenvalue weighted by Crippen LogP contribution is -2.32. The maximum Gasteiger partial charge on any atom is 0.0637 e. The second-order valence-electron chi connectivity index (χ2n) is 4.93. The van der Waals surface area contributed by atoms with Crippen molar-refractivity contribution < 1.29 is 9.47 Å². The second-order valence-corrected chi connectivity index (χ2v) is 5.84. The molecular weight excluding hydrogens is 320 g/mol. The van der Waals surface area contributed by atoms with E-state index in [4.69, 9.17) is 15.2 Å². The van der Waals surface area contributed by atoms with Gasteiger partial charge in [-0.25, -0.2) is 0 Å². The van der Waals surface area contributed by atoms with E-state index in [2.05, 4.69) is 39.0 Å². The summed E-state index contributed by atoms with van der Waals surface area (Å²) >= 11 is 3.53. The average Bonchev–Trinajstić information content (AvgIpc) is 2.39. The van der Waals surface area contributed by atoms with Gasteiger partial charge < -0.3 is 20.1 Å². The van der Waals surface area contributed by atoms with Gasteiger partial charge in [-0.3, -0.25) is 0 Å². The van der Waals surface area contributed by atoms with Crippen LogP contribution in [0.4, 0.5) is 5.69 Å². The van der Waals surface area contributed by atoms with Crippen LogP contribution in [0.25, 0.3) is 0 Å². The molecule has 0 heterocycles. The number of anilines is 1. The van der Waals surface area contributed by atoms with Crippen LogP contribution in [0.5, 0.6) is 0 Å². The Balaban J connectivity index is 2.96. The first-order chi connectivity index (χ1) is 9.58. The Morgan fingerprint density at radius 1 is 1.20 bits per heavy atom. The summed E-state index contributed by atoms with van der Waals surface area (Å²) in [5.41, 5.74) is 8.42. The number of methoxy groups -OCH3 is 2. The zero-order chi connectivity index (χ0) is 15.0. The molecule has 0 aliphatic carbocycles. The maximum atomic E-state index is 5.96. The minimum Gasteiger partial charge on any atom is -0.383 e. The van der Waals surface area contributed by atoms with E-state index in [9.17, 15) is 0 Å². The van der Waals surface area contributed by atoms with E-state index in [1.807, 2.05) is 6.92 Å². The van der Waals surface area contributed by atoms with Crippen LogP contribution in [0.1, 0.15) is 12.5 Å². The zero-order valence-corrected chi connectivity index (χ0v) is 14.1. The van der Waals surface area contributed by atoms with Crippen molar-refractivity contribution in [3.05, 3.63) is 28.2 Å². The van der Waals surface area contributed by atoms with E-state index in [1.54, 1.807) is 14.2 Å². The van der Waals surface area contributed by atoms with Crippen molar-refractivity contribution in [1.29, 1.82) is 0 Å². The van der Waals surface area contributed by atoms with E-state index in [1.165, 1.54) is 11.3 Å². The van der Waals surface area contributed by atoms with Crippen molar-refractivity contribution in [3.8, 4) is 0 Å². The molecule has 1 aromatic carbocycles. The third kappa shape index (κ3) is 5.79. The summed E-state index contributed by atoms with van der Waals surface area (Å²) in [6.07, 6.45) is 0.852. The first-order valence-electron chi connectivity index (χ1n) is 6.85. The Bertz CT molecular complexity index is 391. The van der Waals surface area contributed by atoms with Crippen LogP contribution in [-0.4, -0.2) is 46.6 Å². The molecule has 1 rings (SSSR count). The molecule has 0 saturated heterocycles. The first-order valence-corrected chi connectivity index (χ1v) is 7.64. The molecule has 114 valence electrons. The Kier molecular flexibility index (Phi) is 8.14. The number of rotatable bonds is 9. The van der Waals surface area contributed by atoms with E-state index in [0.717, 1.165) is 24.0 Å². The lowest BCUT2D eigenvalue weighted by Gasteiger charge is -2.27. The summed E-state index contributed by atoms with van der Waals surface area (Å²) in [5, 5.41) is 0. The molecule has 5 heteroatoms. The van der Waals surface area contributed by atoms with Crippen molar-refractivity contribution >= 4 is 21.6 Å². The molecule has 0 amide bonds. The highest BCUT2D eigenvalue weighted by Crippen LogP contribution is 2.25. The van der Waals surface area contributed by atoms with Gasteiger partial charge in [0.1, 0.15) is 0 Å². The molecule has 0 fully saturated rings. The molecule has 0 aromatic heterocycles. The highest BCUT2D eigenvalue weighted by Gasteiger charge is 2.13. The minimum atomic E-state index is 0.134. The van der Waals surface area contributed by atoms with Gasteiger partial charge in [0.15, 0.2) is 0 Å². The van der Waals surface area contributed by atoms with E-state index < -0.39 is 0 Å². The van der Waals surface area contributed by atoms with Gasteiger partial charge in [-0.1, -0.05) is 15.9 Å². The SMILES string of the molecule is COCCN(CCOC)c1ccc(Br)cc1CC(C)N. The number of halogens is 1. The van der Waals surface area contributed by atoms with E-state index in [0.29, 0.717) is 13.2 Å². The van der Waals surface area contributed by atoms with E-state index >= 15 is 0 Å². The molecule has 0 bridgehead atoms. The average molecular weight is 345 g/mol. The Hall–Kier alpha value is -0.620. The van der Waals surface area contributed by atoms with Gasteiger partial charge >= 0.3 is 0 Å². The number of hydrogen-bond donors (Lipinski definition) is 1. The molecule has 1 unspecified atom stereocenters. The molecule has 2 N–H and O–H groups in total. The Morgan fingerprint density at radius 3 is 2.30 bits per heavy atom. The second kappa shape index (κ2) is 9.34. The van der Waals surface area contributed by atoms with Gasteiger partial charge in [-0.15, -0.1) is 0 Å². The molecule has 20 heavy (non-hydrogen) atoms. The Labute approximate surface area is 130 Å². The van der Waals surface area contributed by atoms with Crippen molar-refractivity contribution in [3.63, 3.8) is 0 Å². The van der Waals surface area contributed by atoms with Crippen LogP contribution < -0.4 is 10.6 Å². The predicted octanol–water partition coefficient (Wildman–Crippen LogP) is 2.44. The summed E-state index contributed by atoms with van der Waals surface area (Å²) in [6, 6.07) is 6.47. The number of nitrogens with zero attached hydrogens (tertiary/aromatic N) is 1. The highest BCUT2D eigenvalue weighted by atomic mass is 79.9. The molecule has 0 aliphatic rings. The number of benzene rings is 1. The molecule has 1 atom stereocenters. The number of hydrogen-bond acceptors (Lipinski definition) is 4. The van der Waals surface area contributed by atoms with Crippen LogP contribution in [-0.2, 0) is 15.9 Å². The lowest BCUT2D eigenvalue weighted by molar-refractivity contribution is 0.190. The molecule has 1 aromatic rings. The third-order valence-electron chi connectivity index (χ3n) is 3.05. The summed E-state index contributed by atoms with van der Waals surface area (Å²) in [5.74, 6) is 0. The molecule has 0 radical (unpaired) electrons. The summed E-state index contributed by atoms with van der Waals surface area (Å²) in [4.78, 5) is 2.29. The zero-order valence-electron chi connectivity index (χ0n) is 12.6. The first kappa shape index (κ1) is 17.4. The molecular formula is C15H25BrN2O2. The highest BCUT2D eigenvalue weighted by molar-refractivity contribution is 9.10. The van der Waals surface area contributed by atoms with Gasteiger partial charge in [0.25, 0.3) is 0 Å². The van der Waals surface area contributed by atoms with Gasteiger partial charge in [0, 0.05) is 43.5 Å². The van der Waals surface area contributed by atoms with Crippen molar-refractivity contribution in [1.82, 2.24) is 0 Å². The summed E-state index contributed by atoms with van der Waals surface area (Å²) in [6.45, 7) is 5.09. The fourth-order valence-electron chi connectivity index (χ4n) is 2.13. The lowest BCUT2D eigenvalue weighted by atomic mass is 10.0. The fraction of sp³-hybridized carbons (Fsp3) is 0.600. The van der Waals surface area contributed by atoms with Crippen LogP contribution in [0.15, 0.2) is 22.7 Å². The number of nitrogens with two attached hydrogens (primary N) is 1. The fourth-order valence-corrected chi connectivity index (χ4v) is 2.54. The largest absolute Gasteiger partial charge is 0.383 e. The summed E-state index contributed by atoms with van der Waals surface area (Å²) < 4.78 is 11.5. The summed E-state index contributed by atoms with van der Waals surface area (Å²) in [7, 11) is 3.44. The van der Waals surface area contributed by atoms with Crippen LogP contribution in [0.2, 0.25) is 0 Å². The normalized spacial score (nSPS) is 12.4. The van der Waals surface area contributed by atoms with Crippen LogP contribution in [0.3, 0.4) is 0 Å². The topological polar surface area (TPSA) is 47.7 Å². The van der Waals surface area contributed by atoms with Gasteiger partial charge in [-0.2, -0.15) is 0 Å². The molecule has 0 aliphatic heterocycles. The van der Waals surface area contributed by atoms with Crippen LogP contribution >= 0.6 is 15.9 Å². The van der Waals surface area contributed by atoms with Gasteiger partial charge in [0.05, 0.1) is 13.2 Å². The minimum absolute atomic E-state index is 0.134. The molecule has 0 saturated carbocycles. The number of ether oxygens (including phenoxy) is 2. The standard InChI is InChI=1S/C15H25BrN2O2/c1-12(17)10-13-11-14(16)4-5-15(13)18(6-8-19-2)7-9-20-3/h4-5,11-12H,6-10,17H2,1-3H3. The smallest absolute Gasteiger partial charge is 0.0637 e. The quantitative estimate of drug-likeness (QED) is 0.747. The van der Waals surface area contributed by atoms with Crippen molar-refractivity contribution in [2.75, 3.05) is 45.4 Å². The third-order valence-corrected chi connectivity index (χ3v) is 3.55. The maximum absolute atomic E-state index is 5.96. The van der Waals surface area contributed by atoms with Gasteiger partial charge in [0.2, 0.25) is 0 Å². The Morgan fingerprint density at radius 2 is 1.80 bits per heavy atom. The monoisotopic (exact) mass is 344 g/mol. The van der Waals surface area contributed by atoms with Gasteiger partial charge in [-0.05, 0) is 37.1 Å². The predicted molar refractivity (Wildman–Crippen MR) is 87.5 cm³/mol. The van der Waals surface area contributed by atoms with E-state index in [-0.39, 0.29) is 6.04 Å². The molecule has 0 spiro atoms. The van der Waals surface area contributed by atoms with Crippen molar-refractivity contribution in [2.45, 2.75) is 19.4 Å². The molecule has 4 nitrogen and oxygen atoms in total.